The number of carbonyl (C=O) groups is 1. The van der Waals surface area contributed by atoms with Crippen LogP contribution in [0, 0.1) is 0 Å². The third kappa shape index (κ3) is 3.82. The van der Waals surface area contributed by atoms with Gasteiger partial charge in [-0.2, -0.15) is 0 Å². The zero-order chi connectivity index (χ0) is 20.3. The average Bonchev–Trinajstić information content (AvgIpc) is 3.07. The molecule has 7 nitrogen and oxygen atoms in total. The lowest BCUT2D eigenvalue weighted by atomic mass is 10.1. The zero-order valence-electron chi connectivity index (χ0n) is 15.7. The van der Waals surface area contributed by atoms with Gasteiger partial charge in [-0.25, -0.2) is 9.79 Å². The highest BCUT2D eigenvalue weighted by molar-refractivity contribution is 9.10. The van der Waals surface area contributed by atoms with Crippen molar-refractivity contribution in [2.24, 2.45) is 4.99 Å². The van der Waals surface area contributed by atoms with E-state index < -0.39 is 5.97 Å². The Balaban J connectivity index is 1.99. The van der Waals surface area contributed by atoms with E-state index in [1.807, 2.05) is 12.1 Å². The summed E-state index contributed by atoms with van der Waals surface area (Å²) in [5.41, 5.74) is 1.48. The van der Waals surface area contributed by atoms with Gasteiger partial charge in [-0.05, 0) is 51.8 Å². The second-order valence-electron chi connectivity index (χ2n) is 5.64. The van der Waals surface area contributed by atoms with E-state index in [1.165, 1.54) is 21.3 Å². The molecule has 0 bridgehead atoms. The van der Waals surface area contributed by atoms with Crippen LogP contribution in [0.4, 0.5) is 0 Å². The molecule has 1 aliphatic heterocycles. The molecule has 0 unspecified atom stereocenters. The van der Waals surface area contributed by atoms with Gasteiger partial charge in [0.2, 0.25) is 11.6 Å². The molecule has 0 fully saturated rings. The van der Waals surface area contributed by atoms with E-state index in [1.54, 1.807) is 31.4 Å². The molecule has 0 saturated heterocycles. The summed E-state index contributed by atoms with van der Waals surface area (Å²) in [7, 11) is 6.12. The fourth-order valence-corrected chi connectivity index (χ4v) is 3.23. The molecule has 28 heavy (non-hydrogen) atoms. The number of hydrogen-bond donors (Lipinski definition) is 0. The molecular formula is C20H18BrNO6. The SMILES string of the molecule is COc1ccc(/C=C2\N=C(c3cc(OC)c(OC)c(OC)c3)OC2=O)cc1Br. The molecule has 146 valence electrons. The molecule has 0 radical (unpaired) electrons. The molecule has 0 N–H and O–H groups in total. The Bertz CT molecular complexity index is 958. The van der Waals surface area contributed by atoms with Gasteiger partial charge in [0.25, 0.3) is 0 Å². The maximum atomic E-state index is 12.3. The topological polar surface area (TPSA) is 75.6 Å². The van der Waals surface area contributed by atoms with E-state index in [9.17, 15) is 4.79 Å². The van der Waals surface area contributed by atoms with Crippen molar-refractivity contribution in [3.63, 3.8) is 0 Å². The van der Waals surface area contributed by atoms with Crippen molar-refractivity contribution in [1.29, 1.82) is 0 Å². The summed E-state index contributed by atoms with van der Waals surface area (Å²) in [6.45, 7) is 0. The lowest BCUT2D eigenvalue weighted by molar-refractivity contribution is -0.129. The van der Waals surface area contributed by atoms with Crippen LogP contribution in [-0.2, 0) is 9.53 Å². The summed E-state index contributed by atoms with van der Waals surface area (Å²) >= 11 is 3.42. The summed E-state index contributed by atoms with van der Waals surface area (Å²) < 4.78 is 27.3. The fraction of sp³-hybridized carbons (Fsp3) is 0.200. The molecule has 0 aromatic heterocycles. The van der Waals surface area contributed by atoms with Crippen molar-refractivity contribution in [3.8, 4) is 23.0 Å². The van der Waals surface area contributed by atoms with Crippen molar-refractivity contribution in [3.05, 3.63) is 51.6 Å². The number of hydrogen-bond acceptors (Lipinski definition) is 7. The molecule has 0 aliphatic carbocycles. The molecule has 1 heterocycles. The summed E-state index contributed by atoms with van der Waals surface area (Å²) in [5, 5.41) is 0. The third-order valence-electron chi connectivity index (χ3n) is 4.01. The van der Waals surface area contributed by atoms with Crippen molar-refractivity contribution in [2.75, 3.05) is 28.4 Å². The number of ether oxygens (including phenoxy) is 5. The number of rotatable bonds is 6. The summed E-state index contributed by atoms with van der Waals surface area (Å²) in [4.78, 5) is 16.6. The number of cyclic esters (lactones) is 1. The first kappa shape index (κ1) is 19.8. The maximum absolute atomic E-state index is 12.3. The monoisotopic (exact) mass is 447 g/mol. The molecule has 8 heteroatoms. The summed E-state index contributed by atoms with van der Waals surface area (Å²) in [5.74, 6) is 1.62. The normalized spacial score (nSPS) is 14.5. The van der Waals surface area contributed by atoms with Crippen LogP contribution in [0.15, 0.2) is 45.5 Å². The van der Waals surface area contributed by atoms with Crippen LogP contribution in [0.2, 0.25) is 0 Å². The van der Waals surface area contributed by atoms with E-state index in [0.29, 0.717) is 28.6 Å². The number of esters is 1. The Morgan fingerprint density at radius 2 is 1.57 bits per heavy atom. The molecule has 0 amide bonds. The summed E-state index contributed by atoms with van der Waals surface area (Å²) in [6.07, 6.45) is 1.64. The van der Waals surface area contributed by atoms with Gasteiger partial charge >= 0.3 is 5.97 Å². The zero-order valence-corrected chi connectivity index (χ0v) is 17.3. The van der Waals surface area contributed by atoms with Crippen LogP contribution in [0.25, 0.3) is 6.08 Å². The molecule has 2 aromatic rings. The second-order valence-corrected chi connectivity index (χ2v) is 6.50. The molecule has 0 atom stereocenters. The smallest absolute Gasteiger partial charge is 0.363 e. The Kier molecular flexibility index (Phi) is 5.89. The predicted molar refractivity (Wildman–Crippen MR) is 107 cm³/mol. The van der Waals surface area contributed by atoms with Gasteiger partial charge in [-0.3, -0.25) is 0 Å². The van der Waals surface area contributed by atoms with Crippen molar-refractivity contribution >= 4 is 33.9 Å². The highest BCUT2D eigenvalue weighted by atomic mass is 79.9. The van der Waals surface area contributed by atoms with E-state index in [2.05, 4.69) is 20.9 Å². The highest BCUT2D eigenvalue weighted by Crippen LogP contribution is 2.39. The number of benzene rings is 2. The predicted octanol–water partition coefficient (Wildman–Crippen LogP) is 3.83. The second kappa shape index (κ2) is 8.35. The van der Waals surface area contributed by atoms with Crippen LogP contribution >= 0.6 is 15.9 Å². The molecule has 1 aliphatic rings. The number of nitrogens with zero attached hydrogens (tertiary/aromatic N) is 1. The number of carbonyl (C=O) groups excluding carboxylic acids is 1. The van der Waals surface area contributed by atoms with E-state index in [4.69, 9.17) is 23.7 Å². The van der Waals surface area contributed by atoms with Gasteiger partial charge in [0.05, 0.1) is 32.9 Å². The highest BCUT2D eigenvalue weighted by Gasteiger charge is 2.26. The lowest BCUT2D eigenvalue weighted by Gasteiger charge is -2.13. The van der Waals surface area contributed by atoms with Crippen molar-refractivity contribution in [1.82, 2.24) is 0 Å². The van der Waals surface area contributed by atoms with Gasteiger partial charge in [-0.15, -0.1) is 0 Å². The van der Waals surface area contributed by atoms with Crippen molar-refractivity contribution < 1.29 is 28.5 Å². The minimum absolute atomic E-state index is 0.156. The first-order valence-electron chi connectivity index (χ1n) is 8.17. The van der Waals surface area contributed by atoms with Gasteiger partial charge in [0, 0.05) is 5.56 Å². The number of methoxy groups -OCH3 is 4. The Hall–Kier alpha value is -3.00. The Labute approximate surface area is 170 Å². The summed E-state index contributed by atoms with van der Waals surface area (Å²) in [6, 6.07) is 8.77. The lowest BCUT2D eigenvalue weighted by Crippen LogP contribution is -2.06. The van der Waals surface area contributed by atoms with Crippen LogP contribution in [0.3, 0.4) is 0 Å². The minimum atomic E-state index is -0.546. The van der Waals surface area contributed by atoms with Crippen LogP contribution in [0.5, 0.6) is 23.0 Å². The van der Waals surface area contributed by atoms with E-state index in [-0.39, 0.29) is 11.6 Å². The molecule has 2 aromatic carbocycles. The van der Waals surface area contributed by atoms with Crippen molar-refractivity contribution in [2.45, 2.75) is 0 Å². The quantitative estimate of drug-likeness (QED) is 0.494. The number of halogens is 1. The molecular weight excluding hydrogens is 430 g/mol. The van der Waals surface area contributed by atoms with E-state index >= 15 is 0 Å². The van der Waals surface area contributed by atoms with Gasteiger partial charge in [-0.1, -0.05) is 6.07 Å². The van der Waals surface area contributed by atoms with Gasteiger partial charge < -0.3 is 23.7 Å². The fourth-order valence-electron chi connectivity index (χ4n) is 2.67. The van der Waals surface area contributed by atoms with Crippen LogP contribution in [-0.4, -0.2) is 40.3 Å². The Morgan fingerprint density at radius 1 is 0.929 bits per heavy atom. The molecule has 0 saturated carbocycles. The van der Waals surface area contributed by atoms with Gasteiger partial charge in [0.1, 0.15) is 5.75 Å². The van der Waals surface area contributed by atoms with Crippen LogP contribution < -0.4 is 18.9 Å². The standard InChI is InChI=1S/C20H18BrNO6/c1-24-15-6-5-11(7-13(15)21)8-14-20(23)28-19(22-14)12-9-16(25-2)18(27-4)17(10-12)26-3/h5-10H,1-4H3/b14-8-. The largest absolute Gasteiger partial charge is 0.496 e. The Morgan fingerprint density at radius 3 is 2.11 bits per heavy atom. The first-order chi connectivity index (χ1) is 13.5. The number of aliphatic imine (C=N–C) groups is 1. The van der Waals surface area contributed by atoms with E-state index in [0.717, 1.165) is 10.0 Å². The van der Waals surface area contributed by atoms with Gasteiger partial charge in [0.15, 0.2) is 17.2 Å². The first-order valence-corrected chi connectivity index (χ1v) is 8.96. The van der Waals surface area contributed by atoms with Crippen LogP contribution in [0.1, 0.15) is 11.1 Å². The molecule has 3 rings (SSSR count). The molecule has 0 spiro atoms. The minimum Gasteiger partial charge on any atom is -0.496 e. The maximum Gasteiger partial charge on any atom is 0.363 e. The average molecular weight is 448 g/mol. The third-order valence-corrected chi connectivity index (χ3v) is 4.63.